The van der Waals surface area contributed by atoms with Crippen LogP contribution in [0.15, 0.2) is 34.7 Å². The van der Waals surface area contributed by atoms with Crippen molar-refractivity contribution in [2.45, 2.75) is 13.8 Å². The van der Waals surface area contributed by atoms with Gasteiger partial charge in [0.1, 0.15) is 11.7 Å². The van der Waals surface area contributed by atoms with Gasteiger partial charge in [0.2, 0.25) is 0 Å². The minimum absolute atomic E-state index is 0.0265. The van der Waals surface area contributed by atoms with Crippen molar-refractivity contribution in [3.8, 4) is 0 Å². The van der Waals surface area contributed by atoms with Crippen LogP contribution in [-0.4, -0.2) is 59.5 Å². The molecule has 0 aliphatic carbocycles. The molecular formula is C17H22N2O4. The van der Waals surface area contributed by atoms with Gasteiger partial charge in [0.25, 0.3) is 5.91 Å². The maximum Gasteiger partial charge on any atom is 0.313 e. The van der Waals surface area contributed by atoms with Crippen molar-refractivity contribution in [2.24, 2.45) is 11.3 Å². The van der Waals surface area contributed by atoms with Crippen molar-refractivity contribution in [1.82, 2.24) is 9.80 Å². The fourth-order valence-corrected chi connectivity index (χ4v) is 3.65. The van der Waals surface area contributed by atoms with E-state index in [-0.39, 0.29) is 18.4 Å². The van der Waals surface area contributed by atoms with Crippen LogP contribution in [-0.2, 0) is 4.79 Å². The summed E-state index contributed by atoms with van der Waals surface area (Å²) >= 11 is 0. The first-order valence-corrected chi connectivity index (χ1v) is 7.83. The van der Waals surface area contributed by atoms with Crippen LogP contribution in [0, 0.1) is 11.3 Å². The maximum absolute atomic E-state index is 12.5. The Labute approximate surface area is 135 Å². The fraction of sp³-hybridized carbons (Fsp3) is 0.529. The number of fused-ring (bicyclic) bond motifs is 1. The lowest BCUT2D eigenvalue weighted by Crippen LogP contribution is -2.42. The van der Waals surface area contributed by atoms with E-state index >= 15 is 0 Å². The molecule has 1 aromatic rings. The number of carbonyl (C=O) groups is 2. The SMILES string of the molecule is CC(C)=CCN1C[C@@H]2CN(C(=O)c3ccoc3)C[C@]2(C(=O)O)C1. The van der Waals surface area contributed by atoms with Gasteiger partial charge in [-0.2, -0.15) is 0 Å². The lowest BCUT2D eigenvalue weighted by atomic mass is 9.81. The van der Waals surface area contributed by atoms with Crippen LogP contribution in [0.2, 0.25) is 0 Å². The molecular weight excluding hydrogens is 296 g/mol. The van der Waals surface area contributed by atoms with Crippen molar-refractivity contribution < 1.29 is 19.1 Å². The topological polar surface area (TPSA) is 74.0 Å². The first-order chi connectivity index (χ1) is 10.9. The van der Waals surface area contributed by atoms with Gasteiger partial charge in [-0.3, -0.25) is 14.5 Å². The van der Waals surface area contributed by atoms with Crippen molar-refractivity contribution in [3.05, 3.63) is 35.8 Å². The number of amides is 1. The number of carboxylic acid groups (broad SMARTS) is 1. The lowest BCUT2D eigenvalue weighted by Gasteiger charge is -2.25. The number of hydrogen-bond donors (Lipinski definition) is 1. The normalized spacial score (nSPS) is 27.0. The minimum Gasteiger partial charge on any atom is -0.481 e. The predicted molar refractivity (Wildman–Crippen MR) is 84.0 cm³/mol. The molecule has 2 aliphatic rings. The highest BCUT2D eigenvalue weighted by atomic mass is 16.4. The average Bonchev–Trinajstić information content (AvgIpc) is 3.18. The smallest absolute Gasteiger partial charge is 0.313 e. The quantitative estimate of drug-likeness (QED) is 0.856. The van der Waals surface area contributed by atoms with Gasteiger partial charge in [-0.05, 0) is 19.9 Å². The van der Waals surface area contributed by atoms with E-state index in [1.165, 1.54) is 18.1 Å². The monoisotopic (exact) mass is 318 g/mol. The molecule has 23 heavy (non-hydrogen) atoms. The number of allylic oxidation sites excluding steroid dienone is 1. The summed E-state index contributed by atoms with van der Waals surface area (Å²) in [5, 5.41) is 9.80. The zero-order valence-corrected chi connectivity index (χ0v) is 13.5. The predicted octanol–water partition coefficient (Wildman–Crippen LogP) is 1.70. The second-order valence-electron chi connectivity index (χ2n) is 6.83. The summed E-state index contributed by atoms with van der Waals surface area (Å²) in [6.07, 6.45) is 4.98. The van der Waals surface area contributed by atoms with Crippen LogP contribution < -0.4 is 0 Å². The number of carboxylic acids is 1. The van der Waals surface area contributed by atoms with E-state index in [0.29, 0.717) is 25.2 Å². The van der Waals surface area contributed by atoms with Crippen LogP contribution in [0.4, 0.5) is 0 Å². The Kier molecular flexibility index (Phi) is 4.02. The molecule has 1 aromatic heterocycles. The number of likely N-dealkylation sites (tertiary alicyclic amines) is 2. The van der Waals surface area contributed by atoms with Crippen molar-refractivity contribution in [3.63, 3.8) is 0 Å². The number of rotatable bonds is 4. The van der Waals surface area contributed by atoms with Crippen LogP contribution in [0.1, 0.15) is 24.2 Å². The second-order valence-corrected chi connectivity index (χ2v) is 6.83. The van der Waals surface area contributed by atoms with E-state index in [0.717, 1.165) is 6.54 Å². The van der Waals surface area contributed by atoms with Crippen molar-refractivity contribution in [2.75, 3.05) is 32.7 Å². The number of aliphatic carboxylic acids is 1. The Morgan fingerprint density at radius 2 is 2.17 bits per heavy atom. The zero-order valence-electron chi connectivity index (χ0n) is 13.5. The summed E-state index contributed by atoms with van der Waals surface area (Å²) in [6.45, 7) is 6.80. The second kappa shape index (κ2) is 5.85. The molecule has 3 heterocycles. The van der Waals surface area contributed by atoms with E-state index in [1.807, 2.05) is 13.8 Å². The van der Waals surface area contributed by atoms with E-state index in [9.17, 15) is 14.7 Å². The van der Waals surface area contributed by atoms with Gasteiger partial charge >= 0.3 is 5.97 Å². The van der Waals surface area contributed by atoms with Crippen LogP contribution in [0.5, 0.6) is 0 Å². The largest absolute Gasteiger partial charge is 0.481 e. The van der Waals surface area contributed by atoms with Gasteiger partial charge in [-0.1, -0.05) is 11.6 Å². The van der Waals surface area contributed by atoms with E-state index < -0.39 is 11.4 Å². The van der Waals surface area contributed by atoms with Crippen LogP contribution in [0.3, 0.4) is 0 Å². The molecule has 1 N–H and O–H groups in total. The molecule has 1 amide bonds. The average molecular weight is 318 g/mol. The van der Waals surface area contributed by atoms with E-state index in [1.54, 1.807) is 11.0 Å². The highest BCUT2D eigenvalue weighted by Gasteiger charge is 2.58. The molecule has 0 spiro atoms. The fourth-order valence-electron chi connectivity index (χ4n) is 3.65. The molecule has 2 atom stereocenters. The Bertz CT molecular complexity index is 633. The van der Waals surface area contributed by atoms with Gasteiger partial charge < -0.3 is 14.4 Å². The Morgan fingerprint density at radius 1 is 1.39 bits per heavy atom. The minimum atomic E-state index is -0.852. The first-order valence-electron chi connectivity index (χ1n) is 7.83. The van der Waals surface area contributed by atoms with Gasteiger partial charge in [0, 0.05) is 38.6 Å². The number of nitrogens with zero attached hydrogens (tertiary/aromatic N) is 2. The molecule has 3 rings (SSSR count). The van der Waals surface area contributed by atoms with Gasteiger partial charge in [-0.25, -0.2) is 0 Å². The molecule has 0 radical (unpaired) electrons. The van der Waals surface area contributed by atoms with Gasteiger partial charge in [0.05, 0.1) is 11.8 Å². The third kappa shape index (κ3) is 2.79. The molecule has 124 valence electrons. The van der Waals surface area contributed by atoms with Gasteiger partial charge in [-0.15, -0.1) is 0 Å². The number of furan rings is 1. The highest BCUT2D eigenvalue weighted by molar-refractivity contribution is 5.94. The van der Waals surface area contributed by atoms with Crippen molar-refractivity contribution in [1.29, 1.82) is 0 Å². The van der Waals surface area contributed by atoms with E-state index in [4.69, 9.17) is 4.42 Å². The zero-order chi connectivity index (χ0) is 16.6. The number of hydrogen-bond acceptors (Lipinski definition) is 4. The van der Waals surface area contributed by atoms with Crippen molar-refractivity contribution >= 4 is 11.9 Å². The Balaban J connectivity index is 1.75. The summed E-state index contributed by atoms with van der Waals surface area (Å²) in [4.78, 5) is 28.2. The van der Waals surface area contributed by atoms with Crippen LogP contribution >= 0.6 is 0 Å². The molecule has 2 fully saturated rings. The van der Waals surface area contributed by atoms with Gasteiger partial charge in [0.15, 0.2) is 0 Å². The third-order valence-electron chi connectivity index (χ3n) is 4.92. The molecule has 2 aliphatic heterocycles. The molecule has 0 aromatic carbocycles. The summed E-state index contributed by atoms with van der Waals surface area (Å²) in [6, 6.07) is 1.62. The molecule has 0 saturated carbocycles. The first kappa shape index (κ1) is 15.8. The molecule has 2 saturated heterocycles. The summed E-state index contributed by atoms with van der Waals surface area (Å²) < 4.78 is 4.95. The molecule has 0 bridgehead atoms. The third-order valence-corrected chi connectivity index (χ3v) is 4.92. The molecule has 6 nitrogen and oxygen atoms in total. The summed E-state index contributed by atoms with van der Waals surface area (Å²) in [5.74, 6) is -0.976. The lowest BCUT2D eigenvalue weighted by molar-refractivity contribution is -0.148. The Morgan fingerprint density at radius 3 is 2.74 bits per heavy atom. The Hall–Kier alpha value is -2.08. The maximum atomic E-state index is 12.5. The summed E-state index contributed by atoms with van der Waals surface area (Å²) in [5.41, 5.74) is 0.852. The number of carbonyl (C=O) groups excluding carboxylic acids is 1. The van der Waals surface area contributed by atoms with Crippen LogP contribution in [0.25, 0.3) is 0 Å². The standard InChI is InChI=1S/C17H22N2O4/c1-12(2)3-5-18-7-14-8-19(11-17(14,10-18)16(21)22)15(20)13-4-6-23-9-13/h3-4,6,9,14H,5,7-8,10-11H2,1-2H3,(H,21,22)/t14-,17-/m1/s1. The highest BCUT2D eigenvalue weighted by Crippen LogP contribution is 2.43. The summed E-state index contributed by atoms with van der Waals surface area (Å²) in [7, 11) is 0. The van der Waals surface area contributed by atoms with E-state index in [2.05, 4.69) is 11.0 Å². The molecule has 0 unspecified atom stereocenters. The molecule has 6 heteroatoms.